The molecule has 1 fully saturated rings. The van der Waals surface area contributed by atoms with E-state index >= 15 is 0 Å². The Morgan fingerprint density at radius 2 is 2.17 bits per heavy atom. The number of carbonyl (C=O) groups excluding carboxylic acids is 1. The van der Waals surface area contributed by atoms with Gasteiger partial charge in [-0.1, -0.05) is 12.1 Å². The molecule has 0 bridgehead atoms. The average molecular weight is 251 g/mol. The van der Waals surface area contributed by atoms with Gasteiger partial charge in [-0.2, -0.15) is 0 Å². The minimum absolute atomic E-state index is 0.0423. The van der Waals surface area contributed by atoms with Gasteiger partial charge in [0.25, 0.3) is 0 Å². The van der Waals surface area contributed by atoms with Gasteiger partial charge in [-0.15, -0.1) is 0 Å². The maximum absolute atomic E-state index is 13.0. The number of halogens is 1. The highest BCUT2D eigenvalue weighted by Crippen LogP contribution is 2.29. The van der Waals surface area contributed by atoms with Crippen LogP contribution >= 0.6 is 0 Å². The first-order valence-electron chi connectivity index (χ1n) is 5.84. The van der Waals surface area contributed by atoms with E-state index in [-0.39, 0.29) is 18.2 Å². The maximum Gasteiger partial charge on any atom is 0.326 e. The fraction of sp³-hybridized carbons (Fsp3) is 0.385. The van der Waals surface area contributed by atoms with E-state index in [4.69, 9.17) is 5.11 Å². The fourth-order valence-electron chi connectivity index (χ4n) is 1.73. The molecule has 96 valence electrons. The average Bonchev–Trinajstić information content (AvgIpc) is 3.11. The first-order valence-corrected chi connectivity index (χ1v) is 5.84. The molecular formula is C13H14FNO3. The highest BCUT2D eigenvalue weighted by molar-refractivity contribution is 5.86. The summed E-state index contributed by atoms with van der Waals surface area (Å²) >= 11 is 0. The lowest BCUT2D eigenvalue weighted by Gasteiger charge is -2.14. The molecule has 1 atom stereocenters. The molecule has 1 saturated carbocycles. The molecule has 0 aliphatic heterocycles. The van der Waals surface area contributed by atoms with E-state index in [0.29, 0.717) is 5.56 Å². The van der Waals surface area contributed by atoms with Crippen molar-refractivity contribution < 1.29 is 19.1 Å². The quantitative estimate of drug-likeness (QED) is 0.830. The molecule has 0 spiro atoms. The Bertz CT molecular complexity index is 471. The number of hydrogen-bond acceptors (Lipinski definition) is 2. The Morgan fingerprint density at radius 1 is 1.44 bits per heavy atom. The van der Waals surface area contributed by atoms with Gasteiger partial charge in [-0.25, -0.2) is 9.18 Å². The van der Waals surface area contributed by atoms with E-state index in [9.17, 15) is 14.0 Å². The zero-order valence-electron chi connectivity index (χ0n) is 9.73. The molecule has 2 N–H and O–H groups in total. The van der Waals surface area contributed by atoms with Crippen LogP contribution in [-0.2, 0) is 16.0 Å². The summed E-state index contributed by atoms with van der Waals surface area (Å²) in [5.41, 5.74) is 0.554. The summed E-state index contributed by atoms with van der Waals surface area (Å²) in [5.74, 6) is -1.78. The lowest BCUT2D eigenvalue weighted by molar-refractivity contribution is -0.142. The van der Waals surface area contributed by atoms with Crippen LogP contribution in [0.3, 0.4) is 0 Å². The van der Waals surface area contributed by atoms with Gasteiger partial charge in [-0.3, -0.25) is 4.79 Å². The van der Waals surface area contributed by atoms with Crippen LogP contribution in [0.1, 0.15) is 18.4 Å². The van der Waals surface area contributed by atoms with Gasteiger partial charge in [0.15, 0.2) is 0 Å². The minimum atomic E-state index is -1.10. The molecule has 4 nitrogen and oxygen atoms in total. The van der Waals surface area contributed by atoms with Crippen LogP contribution in [0.25, 0.3) is 0 Å². The number of carboxylic acid groups (broad SMARTS) is 1. The van der Waals surface area contributed by atoms with Crippen molar-refractivity contribution in [3.05, 3.63) is 35.6 Å². The van der Waals surface area contributed by atoms with Gasteiger partial charge in [0.1, 0.15) is 11.9 Å². The molecule has 5 heteroatoms. The lowest BCUT2D eigenvalue weighted by Crippen LogP contribution is -2.43. The number of hydrogen-bond donors (Lipinski definition) is 2. The molecule has 1 aromatic carbocycles. The Hall–Kier alpha value is -1.91. The summed E-state index contributed by atoms with van der Waals surface area (Å²) in [5, 5.41) is 11.5. The van der Waals surface area contributed by atoms with E-state index in [1.807, 2.05) is 0 Å². The Balaban J connectivity index is 2.01. The molecule has 0 heterocycles. The Morgan fingerprint density at radius 3 is 2.72 bits per heavy atom. The molecule has 0 saturated heterocycles. The zero-order chi connectivity index (χ0) is 13.1. The SMILES string of the molecule is O=C(NC(Cc1cccc(F)c1)C(=O)O)C1CC1. The van der Waals surface area contributed by atoms with Crippen molar-refractivity contribution >= 4 is 11.9 Å². The first kappa shape index (κ1) is 12.5. The summed E-state index contributed by atoms with van der Waals surface area (Å²) in [7, 11) is 0. The molecule has 0 radical (unpaired) electrons. The van der Waals surface area contributed by atoms with Crippen LogP contribution < -0.4 is 5.32 Å². The van der Waals surface area contributed by atoms with Gasteiger partial charge >= 0.3 is 5.97 Å². The predicted molar refractivity (Wildman–Crippen MR) is 62.4 cm³/mol. The van der Waals surface area contributed by atoms with Gasteiger partial charge < -0.3 is 10.4 Å². The van der Waals surface area contributed by atoms with E-state index in [1.165, 1.54) is 18.2 Å². The number of rotatable bonds is 5. The summed E-state index contributed by atoms with van der Waals surface area (Å²) in [6.45, 7) is 0. The number of aliphatic carboxylic acids is 1. The van der Waals surface area contributed by atoms with Crippen molar-refractivity contribution in [2.75, 3.05) is 0 Å². The van der Waals surface area contributed by atoms with E-state index in [2.05, 4.69) is 5.32 Å². The number of carbonyl (C=O) groups is 2. The molecule has 1 aliphatic rings. The fourth-order valence-corrected chi connectivity index (χ4v) is 1.73. The van der Waals surface area contributed by atoms with E-state index in [1.54, 1.807) is 6.07 Å². The number of amides is 1. The van der Waals surface area contributed by atoms with Crippen molar-refractivity contribution in [3.8, 4) is 0 Å². The minimum Gasteiger partial charge on any atom is -0.480 e. The molecule has 0 aromatic heterocycles. The van der Waals surface area contributed by atoms with Crippen LogP contribution in [-0.4, -0.2) is 23.0 Å². The topological polar surface area (TPSA) is 66.4 Å². The van der Waals surface area contributed by atoms with Gasteiger partial charge in [-0.05, 0) is 30.5 Å². The van der Waals surface area contributed by atoms with Gasteiger partial charge in [0, 0.05) is 12.3 Å². The highest BCUT2D eigenvalue weighted by atomic mass is 19.1. The molecule has 1 unspecified atom stereocenters. The standard InChI is InChI=1S/C13H14FNO3/c14-10-3-1-2-8(6-10)7-11(13(17)18)15-12(16)9-4-5-9/h1-3,6,9,11H,4-5,7H2,(H,15,16)(H,17,18). The third-order valence-corrected chi connectivity index (χ3v) is 2.89. The summed E-state index contributed by atoms with van der Waals surface area (Å²) in [4.78, 5) is 22.6. The Kier molecular flexibility index (Phi) is 3.60. The maximum atomic E-state index is 13.0. The van der Waals surface area contributed by atoms with Crippen LogP contribution in [0.4, 0.5) is 4.39 Å². The summed E-state index contributed by atoms with van der Waals surface area (Å²) in [6, 6.07) is 4.73. The van der Waals surface area contributed by atoms with Gasteiger partial charge in [0.05, 0.1) is 0 Å². The van der Waals surface area contributed by atoms with E-state index in [0.717, 1.165) is 12.8 Å². The number of nitrogens with one attached hydrogen (secondary N) is 1. The summed E-state index contributed by atoms with van der Waals surface area (Å²) in [6.07, 6.45) is 1.72. The lowest BCUT2D eigenvalue weighted by atomic mass is 10.1. The number of benzene rings is 1. The second kappa shape index (κ2) is 5.16. The van der Waals surface area contributed by atoms with Crippen molar-refractivity contribution in [1.29, 1.82) is 0 Å². The second-order valence-corrected chi connectivity index (χ2v) is 4.51. The summed E-state index contributed by atoms with van der Waals surface area (Å²) < 4.78 is 13.0. The third-order valence-electron chi connectivity index (χ3n) is 2.89. The van der Waals surface area contributed by atoms with Crippen LogP contribution in [0.2, 0.25) is 0 Å². The molecule has 18 heavy (non-hydrogen) atoms. The Labute approximate surface area is 104 Å². The number of carboxylic acids is 1. The molecule has 1 aliphatic carbocycles. The molecular weight excluding hydrogens is 237 g/mol. The van der Waals surface area contributed by atoms with Crippen LogP contribution in [0.5, 0.6) is 0 Å². The first-order chi connectivity index (χ1) is 8.56. The molecule has 2 rings (SSSR count). The zero-order valence-corrected chi connectivity index (χ0v) is 9.73. The van der Waals surface area contributed by atoms with Crippen molar-refractivity contribution in [1.82, 2.24) is 5.32 Å². The predicted octanol–water partition coefficient (Wildman–Crippen LogP) is 1.35. The molecule has 1 amide bonds. The smallest absolute Gasteiger partial charge is 0.326 e. The van der Waals surface area contributed by atoms with E-state index < -0.39 is 17.8 Å². The largest absolute Gasteiger partial charge is 0.480 e. The van der Waals surface area contributed by atoms with Crippen LogP contribution in [0.15, 0.2) is 24.3 Å². The normalized spacial score (nSPS) is 16.1. The van der Waals surface area contributed by atoms with Crippen molar-refractivity contribution in [3.63, 3.8) is 0 Å². The monoisotopic (exact) mass is 251 g/mol. The second-order valence-electron chi connectivity index (χ2n) is 4.51. The van der Waals surface area contributed by atoms with Crippen molar-refractivity contribution in [2.24, 2.45) is 5.92 Å². The molecule has 1 aromatic rings. The van der Waals surface area contributed by atoms with Gasteiger partial charge in [0.2, 0.25) is 5.91 Å². The highest BCUT2D eigenvalue weighted by Gasteiger charge is 2.32. The van der Waals surface area contributed by atoms with Crippen LogP contribution in [0, 0.1) is 11.7 Å². The third kappa shape index (κ3) is 3.29. The van der Waals surface area contributed by atoms with Crippen molar-refractivity contribution in [2.45, 2.75) is 25.3 Å².